The molecule has 0 unspecified atom stereocenters. The van der Waals surface area contributed by atoms with Crippen molar-refractivity contribution in [3.05, 3.63) is 40.7 Å². The number of H-pyrrole nitrogens is 1. The topological polar surface area (TPSA) is 90.6 Å². The van der Waals surface area contributed by atoms with E-state index in [0.29, 0.717) is 25.1 Å². The molecule has 2 N–H and O–H groups in total. The molecule has 2 heterocycles. The number of nitrogens with one attached hydrogen (secondary N) is 2. The van der Waals surface area contributed by atoms with Gasteiger partial charge in [0.2, 0.25) is 5.91 Å². The Labute approximate surface area is 164 Å². The van der Waals surface area contributed by atoms with Crippen LogP contribution in [0.4, 0.5) is 5.69 Å². The van der Waals surface area contributed by atoms with Crippen LogP contribution in [0.2, 0.25) is 0 Å². The van der Waals surface area contributed by atoms with E-state index in [0.717, 1.165) is 28.4 Å². The van der Waals surface area contributed by atoms with E-state index < -0.39 is 0 Å². The first-order valence-electron chi connectivity index (χ1n) is 9.26. The van der Waals surface area contributed by atoms with Crippen LogP contribution < -0.4 is 15.0 Å². The van der Waals surface area contributed by atoms with E-state index in [4.69, 9.17) is 4.74 Å². The van der Waals surface area contributed by atoms with Crippen molar-refractivity contribution >= 4 is 17.5 Å². The Balaban J connectivity index is 1.66. The molecule has 1 aromatic carbocycles. The van der Waals surface area contributed by atoms with E-state index in [9.17, 15) is 9.59 Å². The van der Waals surface area contributed by atoms with Crippen molar-refractivity contribution in [2.24, 2.45) is 0 Å². The van der Waals surface area contributed by atoms with Gasteiger partial charge in [0, 0.05) is 44.5 Å². The molecule has 8 nitrogen and oxygen atoms in total. The number of aryl methyl sites for hydroxylation is 2. The van der Waals surface area contributed by atoms with E-state index in [1.54, 1.807) is 20.2 Å². The summed E-state index contributed by atoms with van der Waals surface area (Å²) in [6.45, 7) is 4.72. The molecule has 150 valence electrons. The van der Waals surface area contributed by atoms with E-state index in [1.807, 2.05) is 37.9 Å². The Morgan fingerprint density at radius 2 is 2.11 bits per heavy atom. The summed E-state index contributed by atoms with van der Waals surface area (Å²) in [6, 6.07) is 5.28. The number of aromatic amines is 1. The third-order valence-corrected chi connectivity index (χ3v) is 5.14. The number of carbonyl (C=O) groups excluding carboxylic acids is 2. The third-order valence-electron chi connectivity index (χ3n) is 5.14. The average molecular weight is 385 g/mol. The van der Waals surface area contributed by atoms with Crippen molar-refractivity contribution in [1.82, 2.24) is 20.4 Å². The molecule has 1 aliphatic rings. The second-order valence-electron chi connectivity index (χ2n) is 7.35. The summed E-state index contributed by atoms with van der Waals surface area (Å²) < 4.78 is 5.83. The maximum atomic E-state index is 12.5. The van der Waals surface area contributed by atoms with Gasteiger partial charge in [-0.05, 0) is 32.0 Å². The van der Waals surface area contributed by atoms with Gasteiger partial charge in [-0.1, -0.05) is 0 Å². The Morgan fingerprint density at radius 3 is 2.75 bits per heavy atom. The van der Waals surface area contributed by atoms with Gasteiger partial charge in [-0.25, -0.2) is 0 Å². The Morgan fingerprint density at radius 1 is 1.36 bits per heavy atom. The van der Waals surface area contributed by atoms with Crippen LogP contribution in [0.25, 0.3) is 0 Å². The molecule has 1 aliphatic heterocycles. The summed E-state index contributed by atoms with van der Waals surface area (Å²) in [5, 5.41) is 10.0. The van der Waals surface area contributed by atoms with E-state index in [1.165, 1.54) is 4.90 Å². The first kappa shape index (κ1) is 19.7. The molecule has 1 aromatic heterocycles. The lowest BCUT2D eigenvalue weighted by Crippen LogP contribution is -2.43. The minimum absolute atomic E-state index is 0.0515. The third kappa shape index (κ3) is 3.95. The number of ether oxygens (including phenoxy) is 1. The predicted octanol–water partition coefficient (Wildman–Crippen LogP) is 1.63. The normalized spacial score (nSPS) is 15.6. The molecule has 0 radical (unpaired) electrons. The minimum Gasteiger partial charge on any atom is -0.489 e. The fourth-order valence-corrected chi connectivity index (χ4v) is 3.30. The number of anilines is 1. The van der Waals surface area contributed by atoms with Crippen LogP contribution in [0.15, 0.2) is 18.2 Å². The van der Waals surface area contributed by atoms with Crippen LogP contribution in [0, 0.1) is 13.8 Å². The zero-order valence-corrected chi connectivity index (χ0v) is 17.0. The second-order valence-corrected chi connectivity index (χ2v) is 7.35. The quantitative estimate of drug-likeness (QED) is 0.816. The molecule has 3 rings (SSSR count). The summed E-state index contributed by atoms with van der Waals surface area (Å²) in [7, 11) is 5.37. The summed E-state index contributed by atoms with van der Waals surface area (Å²) in [5.41, 5.74) is 4.28. The van der Waals surface area contributed by atoms with Gasteiger partial charge in [0.15, 0.2) is 0 Å². The number of carbonyl (C=O) groups is 2. The fourth-order valence-electron chi connectivity index (χ4n) is 3.30. The van der Waals surface area contributed by atoms with Gasteiger partial charge in [0.1, 0.15) is 12.4 Å². The molecule has 2 aromatic rings. The Hall–Kier alpha value is -3.03. The van der Waals surface area contributed by atoms with Crippen LogP contribution in [-0.2, 0) is 11.3 Å². The smallest absolute Gasteiger partial charge is 0.253 e. The van der Waals surface area contributed by atoms with Gasteiger partial charge >= 0.3 is 0 Å². The highest BCUT2D eigenvalue weighted by atomic mass is 16.5. The van der Waals surface area contributed by atoms with E-state index in [2.05, 4.69) is 15.5 Å². The van der Waals surface area contributed by atoms with E-state index in [-0.39, 0.29) is 17.9 Å². The van der Waals surface area contributed by atoms with Gasteiger partial charge in [-0.15, -0.1) is 0 Å². The molecule has 0 bridgehead atoms. The monoisotopic (exact) mass is 385 g/mol. The summed E-state index contributed by atoms with van der Waals surface area (Å²) in [4.78, 5) is 28.3. The maximum Gasteiger partial charge on any atom is 0.253 e. The van der Waals surface area contributed by atoms with Crippen LogP contribution in [0.5, 0.6) is 5.75 Å². The maximum absolute atomic E-state index is 12.5. The Bertz CT molecular complexity index is 870. The van der Waals surface area contributed by atoms with Gasteiger partial charge in [-0.3, -0.25) is 14.7 Å². The van der Waals surface area contributed by atoms with Gasteiger partial charge in [0.05, 0.1) is 23.8 Å². The van der Waals surface area contributed by atoms with Crippen LogP contribution >= 0.6 is 0 Å². The molecule has 0 aliphatic carbocycles. The highest BCUT2D eigenvalue weighted by molar-refractivity contribution is 5.95. The molecule has 0 fully saturated rings. The number of nitrogens with zero attached hydrogens (tertiary/aromatic N) is 3. The first-order chi connectivity index (χ1) is 13.3. The van der Waals surface area contributed by atoms with Crippen molar-refractivity contribution in [2.75, 3.05) is 32.6 Å². The summed E-state index contributed by atoms with van der Waals surface area (Å²) in [5.74, 6) is 0.602. The predicted molar refractivity (Wildman–Crippen MR) is 107 cm³/mol. The zero-order chi connectivity index (χ0) is 20.4. The van der Waals surface area contributed by atoms with Crippen LogP contribution in [0.1, 0.15) is 33.7 Å². The molecular weight excluding hydrogens is 358 g/mol. The fraction of sp³-hybridized carbons (Fsp3) is 0.450. The number of amides is 2. The molecule has 1 atom stereocenters. The number of hydrogen-bond acceptors (Lipinski definition) is 5. The Kier molecular flexibility index (Phi) is 5.58. The zero-order valence-electron chi connectivity index (χ0n) is 17.0. The van der Waals surface area contributed by atoms with Crippen LogP contribution in [0.3, 0.4) is 0 Å². The van der Waals surface area contributed by atoms with Crippen molar-refractivity contribution in [3.8, 4) is 5.75 Å². The van der Waals surface area contributed by atoms with E-state index >= 15 is 0 Å². The molecule has 0 saturated carbocycles. The molecule has 2 amide bonds. The van der Waals surface area contributed by atoms with Crippen molar-refractivity contribution in [3.63, 3.8) is 0 Å². The first-order valence-corrected chi connectivity index (χ1v) is 9.26. The lowest BCUT2D eigenvalue weighted by molar-refractivity contribution is -0.121. The highest BCUT2D eigenvalue weighted by Gasteiger charge is 2.28. The number of benzene rings is 1. The molecule has 8 heteroatoms. The minimum atomic E-state index is -0.108. The summed E-state index contributed by atoms with van der Waals surface area (Å²) in [6.07, 6.45) is 0.303. The molecule has 0 spiro atoms. The standard InChI is InChI=1S/C20H27N5O3/c1-12-16(13(2)23-22-12)10-21-19(26)9-15-11-28-18-7-6-14(20(27)24(3)4)8-17(18)25(15)5/h6-8,15H,9-11H2,1-5H3,(H,21,26)(H,22,23)/t15-/m1/s1. The number of hydrogen-bond donors (Lipinski definition) is 2. The van der Waals surface area contributed by atoms with Crippen molar-refractivity contribution in [1.29, 1.82) is 0 Å². The van der Waals surface area contributed by atoms with Gasteiger partial charge < -0.3 is 19.9 Å². The molecular formula is C20H27N5O3. The largest absolute Gasteiger partial charge is 0.489 e. The highest BCUT2D eigenvalue weighted by Crippen LogP contribution is 2.34. The van der Waals surface area contributed by atoms with Crippen molar-refractivity contribution in [2.45, 2.75) is 32.9 Å². The number of likely N-dealkylation sites (N-methyl/N-ethyl adjacent to an activating group) is 1. The number of rotatable bonds is 5. The van der Waals surface area contributed by atoms with Crippen LogP contribution in [-0.4, -0.2) is 60.7 Å². The average Bonchev–Trinajstić information content (AvgIpc) is 2.99. The summed E-state index contributed by atoms with van der Waals surface area (Å²) >= 11 is 0. The lowest BCUT2D eigenvalue weighted by atomic mass is 10.1. The van der Waals surface area contributed by atoms with Crippen molar-refractivity contribution < 1.29 is 14.3 Å². The van der Waals surface area contributed by atoms with Gasteiger partial charge in [-0.2, -0.15) is 5.10 Å². The SMILES string of the molecule is Cc1n[nH]c(C)c1CNC(=O)C[C@@H]1COc2ccc(C(=O)N(C)C)cc2N1C. The number of aromatic nitrogens is 2. The molecule has 0 saturated heterocycles. The molecule has 28 heavy (non-hydrogen) atoms. The number of fused-ring (bicyclic) bond motifs is 1. The second kappa shape index (κ2) is 7.92. The lowest BCUT2D eigenvalue weighted by Gasteiger charge is -2.35. The van der Waals surface area contributed by atoms with Gasteiger partial charge in [0.25, 0.3) is 5.91 Å².